The molecule has 0 aliphatic heterocycles. The number of carbonyl (C=O) groups is 4. The molecule has 20 nitrogen and oxygen atoms in total. The molecule has 105 heavy (non-hydrogen) atoms. The van der Waals surface area contributed by atoms with Crippen LogP contribution in [0.1, 0.15) is 115 Å². The number of fused-ring (bicyclic) bond motifs is 2. The highest BCUT2D eigenvalue weighted by molar-refractivity contribution is 8.00. The first-order valence-corrected chi connectivity index (χ1v) is 40.5. The van der Waals surface area contributed by atoms with Crippen LogP contribution in [0.2, 0.25) is 0 Å². The van der Waals surface area contributed by atoms with Crippen LogP contribution in [-0.2, 0) is 63.1 Å². The third-order valence-electron chi connectivity index (χ3n) is 19.1. The Labute approximate surface area is 624 Å². The number of amides is 4. The Morgan fingerprint density at radius 3 is 1.45 bits per heavy atom. The van der Waals surface area contributed by atoms with Gasteiger partial charge in [-0.1, -0.05) is 139 Å². The summed E-state index contributed by atoms with van der Waals surface area (Å²) >= 11 is 2.82. The number of aliphatic hydroxyl groups is 2. The van der Waals surface area contributed by atoms with Crippen LogP contribution in [0, 0.1) is 35.8 Å². The number of carbonyl (C=O) groups excluding carboxylic acids is 4. The van der Waals surface area contributed by atoms with Crippen LogP contribution in [0.4, 0.5) is 8.78 Å². The molecule has 6 atom stereocenters. The fourth-order valence-electron chi connectivity index (χ4n) is 12.8. The summed E-state index contributed by atoms with van der Waals surface area (Å²) < 4.78 is 86.9. The molecule has 0 radical (unpaired) electrons. The molecular formula is C79H100F2N10O10S4. The Morgan fingerprint density at radius 1 is 0.562 bits per heavy atom. The van der Waals surface area contributed by atoms with Crippen LogP contribution in [0.25, 0.3) is 21.1 Å². The predicted molar refractivity (Wildman–Crippen MR) is 411 cm³/mol. The van der Waals surface area contributed by atoms with Crippen molar-refractivity contribution in [1.82, 2.24) is 50.5 Å². The average molecular weight is 1520 g/mol. The van der Waals surface area contributed by atoms with Crippen molar-refractivity contribution in [1.29, 1.82) is 0 Å². The molecule has 2 saturated carbocycles. The van der Waals surface area contributed by atoms with Gasteiger partial charge in [0, 0.05) is 53.6 Å². The summed E-state index contributed by atoms with van der Waals surface area (Å²) in [4.78, 5) is 64.0. The number of aromatic nitrogens is 2. The maximum Gasteiger partial charge on any atom is 0.244 e. The van der Waals surface area contributed by atoms with E-state index in [9.17, 15) is 55.0 Å². The molecule has 2 aliphatic carbocycles. The number of nitrogens with zero attached hydrogens (tertiary/aromatic N) is 4. The second kappa shape index (κ2) is 34.9. The normalized spacial score (nSPS) is 16.0. The van der Waals surface area contributed by atoms with E-state index in [1.807, 2.05) is 148 Å². The minimum atomic E-state index is -4.07. The number of rotatable bonds is 34. The predicted octanol–water partition coefficient (Wildman–Crippen LogP) is 10.3. The molecule has 2 aliphatic rings. The van der Waals surface area contributed by atoms with Gasteiger partial charge in [-0.3, -0.25) is 34.8 Å². The maximum absolute atomic E-state index is 14.2. The fourth-order valence-corrected chi connectivity index (χ4v) is 17.4. The van der Waals surface area contributed by atoms with Gasteiger partial charge in [0.05, 0.1) is 67.9 Å². The first-order valence-electron chi connectivity index (χ1n) is 35.5. The Bertz CT molecular complexity index is 4540. The maximum atomic E-state index is 14.2. The lowest BCUT2D eigenvalue weighted by Crippen LogP contribution is -2.61. The second-order valence-electron chi connectivity index (χ2n) is 30.0. The third kappa shape index (κ3) is 21.8. The molecule has 0 bridgehead atoms. The topological polar surface area (TPSA) is 281 Å². The average Bonchev–Trinajstić information content (AvgIpc) is 1.42. The zero-order valence-corrected chi connectivity index (χ0v) is 64.8. The molecule has 8 N–H and O–H groups in total. The van der Waals surface area contributed by atoms with Crippen LogP contribution < -0.4 is 31.9 Å². The summed E-state index contributed by atoms with van der Waals surface area (Å²) in [6.45, 7) is 18.3. The number of hydrogen-bond donors (Lipinski definition) is 8. The van der Waals surface area contributed by atoms with Gasteiger partial charge >= 0.3 is 0 Å². The fraction of sp³-hybridized carbons (Fsp3) is 0.443. The van der Waals surface area contributed by atoms with E-state index in [0.29, 0.717) is 10.9 Å². The van der Waals surface area contributed by atoms with Gasteiger partial charge in [-0.15, -0.1) is 11.3 Å². The number of aryl methyl sites for hydroxylation is 1. The van der Waals surface area contributed by atoms with E-state index in [1.54, 1.807) is 54.7 Å². The molecule has 2 heterocycles. The summed E-state index contributed by atoms with van der Waals surface area (Å²) in [5.41, 5.74) is 2.89. The number of thioether (sulfide) groups is 1. The van der Waals surface area contributed by atoms with E-state index >= 15 is 0 Å². The number of thiazole rings is 1. The van der Waals surface area contributed by atoms with E-state index in [1.165, 1.54) is 68.1 Å². The van der Waals surface area contributed by atoms with Crippen LogP contribution in [0.5, 0.6) is 0 Å². The lowest BCUT2D eigenvalue weighted by molar-refractivity contribution is -0.132. The summed E-state index contributed by atoms with van der Waals surface area (Å²) in [7, 11) is -8.11. The zero-order chi connectivity index (χ0) is 76.2. The minimum Gasteiger partial charge on any atom is -0.390 e. The molecule has 0 unspecified atom stereocenters. The number of nitrogens with one attached hydrogen (secondary N) is 6. The van der Waals surface area contributed by atoms with Crippen molar-refractivity contribution >= 4 is 87.9 Å². The van der Waals surface area contributed by atoms with Gasteiger partial charge in [-0.05, 0) is 172 Å². The molecule has 26 heteroatoms. The van der Waals surface area contributed by atoms with Crippen molar-refractivity contribution in [3.8, 4) is 0 Å². The van der Waals surface area contributed by atoms with E-state index in [2.05, 4.69) is 41.9 Å². The number of pyridine rings is 1. The summed E-state index contributed by atoms with van der Waals surface area (Å²) in [5.74, 6) is -2.63. The van der Waals surface area contributed by atoms with Crippen molar-refractivity contribution < 1.29 is 55.0 Å². The van der Waals surface area contributed by atoms with Crippen LogP contribution in [0.15, 0.2) is 174 Å². The molecule has 564 valence electrons. The van der Waals surface area contributed by atoms with Crippen LogP contribution in [-0.4, -0.2) is 156 Å². The number of benzene rings is 6. The molecule has 6 aromatic carbocycles. The molecule has 10 rings (SSSR count). The van der Waals surface area contributed by atoms with Gasteiger partial charge in [0.25, 0.3) is 0 Å². The number of halogens is 2. The molecule has 4 amide bonds. The zero-order valence-electron chi connectivity index (χ0n) is 61.5. The number of sulfonamides is 2. The van der Waals surface area contributed by atoms with Gasteiger partial charge in [-0.2, -0.15) is 20.4 Å². The Hall–Kier alpha value is -7.63. The molecule has 2 aromatic heterocycles. The third-order valence-corrected chi connectivity index (χ3v) is 24.9. The first kappa shape index (κ1) is 81.4. The van der Waals surface area contributed by atoms with Crippen LogP contribution in [0.3, 0.4) is 0 Å². The number of hydrogen-bond acceptors (Lipinski definition) is 16. The van der Waals surface area contributed by atoms with E-state index in [0.717, 1.165) is 63.2 Å². The van der Waals surface area contributed by atoms with Gasteiger partial charge in [-0.25, -0.2) is 30.6 Å². The van der Waals surface area contributed by atoms with Gasteiger partial charge in [0.2, 0.25) is 43.7 Å². The monoisotopic (exact) mass is 1510 g/mol. The summed E-state index contributed by atoms with van der Waals surface area (Å²) in [5, 5.41) is 43.5. The number of aliphatic hydroxyl groups excluding tert-OH is 2. The first-order chi connectivity index (χ1) is 49.6. The smallest absolute Gasteiger partial charge is 0.244 e. The lowest BCUT2D eigenvalue weighted by Gasteiger charge is -2.35. The van der Waals surface area contributed by atoms with Gasteiger partial charge in [0.1, 0.15) is 23.7 Å². The molecule has 0 spiro atoms. The standard InChI is InChI=1S/C40H50FN5O5S2.C39H50FN5O5S2/c1-27(2)25-46(53(50,51)32-16-17-33-29(22-32)13-10-20-42-33)26-35(47)34(21-28-11-7-6-8-12-28)44-38(49)37(39(3,4)52-5)45-36(48)24-43-40(18-19-40)30-14-9-15-31(41)23-30;1-25(2)23-45(52(49,50)30-15-16-31-34(21-30)51-26(3)42-31)24-33(46)32(19-27-11-8-7-9-12-27)43-37(48)36(38(4,5)6)44-35(47)22-41-39(17-18-39)28-13-10-14-29(40)20-28/h6-17,20,22-23,27,34-35,37,43,47H,18-19,21,24-26H2,1-5H3,(H,44,49)(H,45,48);7-16,20-21,25,32-33,36,41,46H,17-19,22-24H2,1-6H3,(H,43,48)(H,44,47)/t34-,35+,37+;32-,33+,36+/m00/s1. The van der Waals surface area contributed by atoms with Gasteiger partial charge in [0.15, 0.2) is 0 Å². The van der Waals surface area contributed by atoms with Gasteiger partial charge < -0.3 is 31.5 Å². The van der Waals surface area contributed by atoms with Crippen molar-refractivity contribution in [2.45, 2.75) is 170 Å². The van der Waals surface area contributed by atoms with Crippen LogP contribution >= 0.6 is 23.1 Å². The second-order valence-corrected chi connectivity index (χ2v) is 36.5. The van der Waals surface area contributed by atoms with E-state index in [4.69, 9.17) is 0 Å². The SMILES string of the molecule is CSC(C)(C)[C@H](NC(=O)CNC1(c2cccc(F)c2)CC1)C(=O)N[C@@H](Cc1ccccc1)[C@H](O)CN(CC(C)C)S(=O)(=O)c1ccc2ncccc2c1.Cc1nc2ccc(S(=O)(=O)N(CC(C)C)C[C@@H](O)[C@H](Cc3ccccc3)NC(=O)[C@@H](NC(=O)CNC3(c4cccc(F)c4)CC3)C(C)(C)C)cc2s1. The lowest BCUT2D eigenvalue weighted by atomic mass is 9.85. The van der Waals surface area contributed by atoms with Crippen molar-refractivity contribution in [3.05, 3.63) is 203 Å². The highest BCUT2D eigenvalue weighted by atomic mass is 32.2. The van der Waals surface area contributed by atoms with Crippen molar-refractivity contribution in [2.24, 2.45) is 17.3 Å². The largest absolute Gasteiger partial charge is 0.390 e. The van der Waals surface area contributed by atoms with Crippen molar-refractivity contribution in [2.75, 3.05) is 45.5 Å². The molecule has 0 saturated heterocycles. The highest BCUT2D eigenvalue weighted by Crippen LogP contribution is 2.46. The molecule has 2 fully saturated rings. The highest BCUT2D eigenvalue weighted by Gasteiger charge is 2.47. The quantitative estimate of drug-likeness (QED) is 0.0186. The molecular weight excluding hydrogens is 1420 g/mol. The summed E-state index contributed by atoms with van der Waals surface area (Å²) in [6.07, 6.45) is 4.34. The molecule has 8 aromatic rings. The van der Waals surface area contributed by atoms with Crippen molar-refractivity contribution in [3.63, 3.8) is 0 Å². The van der Waals surface area contributed by atoms with E-state index in [-0.39, 0.29) is 85.4 Å². The Balaban J connectivity index is 0.000000243. The Kier molecular flexibility index (Phi) is 27.1. The van der Waals surface area contributed by atoms with E-state index < -0.39 is 101 Å². The minimum absolute atomic E-state index is 0.0525. The Morgan fingerprint density at radius 2 is 1.01 bits per heavy atom. The summed E-state index contributed by atoms with van der Waals surface area (Å²) in [6, 6.07) is 40.7.